The molecule has 4 rings (SSSR count). The summed E-state index contributed by atoms with van der Waals surface area (Å²) in [5, 5.41) is 16.5. The maximum absolute atomic E-state index is 13.7. The lowest BCUT2D eigenvalue weighted by Crippen LogP contribution is -2.56. The maximum Gasteiger partial charge on any atom is 0.328 e. The highest BCUT2D eigenvalue weighted by Gasteiger charge is 2.36. The van der Waals surface area contributed by atoms with Crippen LogP contribution >= 0.6 is 11.6 Å². The van der Waals surface area contributed by atoms with Crippen molar-refractivity contribution in [1.29, 1.82) is 0 Å². The van der Waals surface area contributed by atoms with Crippen molar-refractivity contribution in [1.82, 2.24) is 20.0 Å². The first-order valence-electron chi connectivity index (χ1n) is 11.1. The van der Waals surface area contributed by atoms with Crippen LogP contribution in [0.5, 0.6) is 0 Å². The lowest BCUT2D eigenvalue weighted by Gasteiger charge is -2.32. The molecule has 1 aliphatic heterocycles. The number of aliphatic carboxylic acids is 1. The van der Waals surface area contributed by atoms with Crippen molar-refractivity contribution in [3.05, 3.63) is 77.1 Å². The predicted molar refractivity (Wildman–Crippen MR) is 132 cm³/mol. The highest BCUT2D eigenvalue weighted by atomic mass is 35.5. The molecule has 1 atom stereocenters. The summed E-state index contributed by atoms with van der Waals surface area (Å²) < 4.78 is 1.65. The van der Waals surface area contributed by atoms with Crippen LogP contribution in [0, 0.1) is 0 Å². The van der Waals surface area contributed by atoms with Gasteiger partial charge in [0.2, 0.25) is 0 Å². The lowest BCUT2D eigenvalue weighted by atomic mass is 10.1. The van der Waals surface area contributed by atoms with E-state index in [0.29, 0.717) is 11.3 Å². The molecule has 0 saturated heterocycles. The van der Waals surface area contributed by atoms with Gasteiger partial charge in [0.15, 0.2) is 0 Å². The van der Waals surface area contributed by atoms with E-state index < -0.39 is 23.6 Å². The van der Waals surface area contributed by atoms with Gasteiger partial charge in [-0.25, -0.2) is 14.3 Å². The Morgan fingerprint density at radius 2 is 1.89 bits per heavy atom. The summed E-state index contributed by atoms with van der Waals surface area (Å²) in [6.07, 6.45) is 3.44. The highest BCUT2D eigenvalue weighted by Crippen LogP contribution is 2.31. The second kappa shape index (κ2) is 9.42. The zero-order valence-electron chi connectivity index (χ0n) is 19.6. The molecule has 35 heavy (non-hydrogen) atoms. The Morgan fingerprint density at radius 3 is 2.54 bits per heavy atom. The number of aromatic nitrogens is 2. The van der Waals surface area contributed by atoms with E-state index in [1.165, 1.54) is 13.8 Å². The number of amides is 3. The first kappa shape index (κ1) is 24.3. The molecule has 2 heterocycles. The van der Waals surface area contributed by atoms with Gasteiger partial charge in [-0.2, -0.15) is 5.10 Å². The standard InChI is InChI=1S/C25H26ClN5O4/c1-16-14-30(22(32)19-10-9-18(13-20(19)26)31-12-6-11-27-31)21-8-5-4-7-17(21)15-29(16)24(35)28-25(2,3)23(33)34/h4-13,16H,14-15H2,1-3H3,(H,28,35)(H,33,34)/t16-/m1/s1. The van der Waals surface area contributed by atoms with Gasteiger partial charge in [-0.05, 0) is 56.7 Å². The van der Waals surface area contributed by atoms with Gasteiger partial charge in [-0.15, -0.1) is 0 Å². The van der Waals surface area contributed by atoms with Crippen molar-refractivity contribution in [3.63, 3.8) is 0 Å². The molecule has 1 aromatic heterocycles. The fourth-order valence-corrected chi connectivity index (χ4v) is 4.21. The molecule has 2 N–H and O–H groups in total. The smallest absolute Gasteiger partial charge is 0.328 e. The number of rotatable bonds is 4. The van der Waals surface area contributed by atoms with Crippen molar-refractivity contribution in [3.8, 4) is 5.69 Å². The van der Waals surface area contributed by atoms with Crippen LogP contribution in [-0.2, 0) is 11.3 Å². The molecule has 1 aliphatic rings. The number of carbonyl (C=O) groups excluding carboxylic acids is 2. The average Bonchev–Trinajstić information content (AvgIpc) is 3.30. The van der Waals surface area contributed by atoms with Crippen molar-refractivity contribution < 1.29 is 19.5 Å². The number of benzene rings is 2. The van der Waals surface area contributed by atoms with Gasteiger partial charge in [0.1, 0.15) is 5.54 Å². The number of hydrogen-bond acceptors (Lipinski definition) is 4. The minimum Gasteiger partial charge on any atom is -0.480 e. The number of para-hydroxylation sites is 1. The third kappa shape index (κ3) is 4.85. The molecule has 3 amide bonds. The fourth-order valence-electron chi connectivity index (χ4n) is 3.95. The number of hydrogen-bond donors (Lipinski definition) is 2. The molecule has 0 fully saturated rings. The van der Waals surface area contributed by atoms with Gasteiger partial charge in [-0.1, -0.05) is 29.8 Å². The molecule has 0 spiro atoms. The Kier molecular flexibility index (Phi) is 6.53. The van der Waals surface area contributed by atoms with E-state index in [-0.39, 0.29) is 24.0 Å². The van der Waals surface area contributed by atoms with Crippen LogP contribution < -0.4 is 10.2 Å². The minimum absolute atomic E-state index is 0.202. The summed E-state index contributed by atoms with van der Waals surface area (Å²) in [6.45, 7) is 5.09. The Bertz CT molecular complexity index is 1270. The zero-order valence-corrected chi connectivity index (χ0v) is 20.4. The van der Waals surface area contributed by atoms with Crippen LogP contribution in [0.25, 0.3) is 5.69 Å². The highest BCUT2D eigenvalue weighted by molar-refractivity contribution is 6.34. The fraction of sp³-hybridized carbons (Fsp3) is 0.280. The van der Waals surface area contributed by atoms with Crippen LogP contribution in [0.15, 0.2) is 60.9 Å². The lowest BCUT2D eigenvalue weighted by molar-refractivity contribution is -0.143. The molecule has 0 saturated carbocycles. The zero-order chi connectivity index (χ0) is 25.3. The van der Waals surface area contributed by atoms with Crippen LogP contribution in [0.2, 0.25) is 5.02 Å². The van der Waals surface area contributed by atoms with Crippen molar-refractivity contribution in [2.45, 2.75) is 38.9 Å². The van der Waals surface area contributed by atoms with Crippen LogP contribution in [0.3, 0.4) is 0 Å². The van der Waals surface area contributed by atoms with E-state index in [1.807, 2.05) is 31.2 Å². The molecule has 182 valence electrons. The summed E-state index contributed by atoms with van der Waals surface area (Å²) in [5.74, 6) is -1.44. The van der Waals surface area contributed by atoms with Crippen molar-refractivity contribution in [2.24, 2.45) is 0 Å². The topological polar surface area (TPSA) is 108 Å². The summed E-state index contributed by atoms with van der Waals surface area (Å²) in [5.41, 5.74) is 1.05. The molecule has 3 aromatic rings. The number of nitrogens with one attached hydrogen (secondary N) is 1. The maximum atomic E-state index is 13.7. The Morgan fingerprint density at radius 1 is 1.14 bits per heavy atom. The third-order valence-electron chi connectivity index (χ3n) is 6.01. The van der Waals surface area contributed by atoms with Gasteiger partial charge in [0.25, 0.3) is 5.91 Å². The number of carbonyl (C=O) groups is 3. The summed E-state index contributed by atoms with van der Waals surface area (Å²) >= 11 is 6.53. The van der Waals surface area contributed by atoms with E-state index in [4.69, 9.17) is 11.6 Å². The molecule has 10 heteroatoms. The Labute approximate surface area is 207 Å². The van der Waals surface area contributed by atoms with Crippen LogP contribution in [-0.4, -0.2) is 55.8 Å². The second-order valence-corrected chi connectivity index (χ2v) is 9.40. The molecule has 0 radical (unpaired) electrons. The van der Waals surface area contributed by atoms with E-state index in [2.05, 4.69) is 10.4 Å². The molecule has 2 aromatic carbocycles. The largest absolute Gasteiger partial charge is 0.480 e. The SMILES string of the molecule is C[C@@H]1CN(C(=O)c2ccc(-n3cccn3)cc2Cl)c2ccccc2CN1C(=O)NC(C)(C)C(=O)O. The normalized spacial score (nSPS) is 15.8. The number of anilines is 1. The summed E-state index contributed by atoms with van der Waals surface area (Å²) in [7, 11) is 0. The summed E-state index contributed by atoms with van der Waals surface area (Å²) in [6, 6.07) is 13.3. The number of urea groups is 1. The van der Waals surface area contributed by atoms with Gasteiger partial charge in [0.05, 0.1) is 16.3 Å². The minimum atomic E-state index is -1.44. The van der Waals surface area contributed by atoms with Gasteiger partial charge in [0, 0.05) is 37.2 Å². The van der Waals surface area contributed by atoms with E-state index >= 15 is 0 Å². The predicted octanol–water partition coefficient (Wildman–Crippen LogP) is 3.95. The third-order valence-corrected chi connectivity index (χ3v) is 6.33. The average molecular weight is 496 g/mol. The molecule has 9 nitrogen and oxygen atoms in total. The summed E-state index contributed by atoms with van der Waals surface area (Å²) in [4.78, 5) is 41.4. The Hall–Kier alpha value is -3.85. The number of halogens is 1. The first-order valence-corrected chi connectivity index (χ1v) is 11.5. The van der Waals surface area contributed by atoms with E-state index in [0.717, 1.165) is 11.3 Å². The molecule has 0 unspecified atom stereocenters. The van der Waals surface area contributed by atoms with Crippen molar-refractivity contribution in [2.75, 3.05) is 11.4 Å². The monoisotopic (exact) mass is 495 g/mol. The molecular weight excluding hydrogens is 470 g/mol. The van der Waals surface area contributed by atoms with Gasteiger partial charge < -0.3 is 20.2 Å². The van der Waals surface area contributed by atoms with Crippen LogP contribution in [0.4, 0.5) is 10.5 Å². The molecule has 0 aliphatic carbocycles. The number of carboxylic acids is 1. The number of nitrogens with zero attached hydrogens (tertiary/aromatic N) is 4. The molecule has 0 bridgehead atoms. The van der Waals surface area contributed by atoms with Crippen LogP contribution in [0.1, 0.15) is 36.7 Å². The number of carboxylic acid groups (broad SMARTS) is 1. The number of fused-ring (bicyclic) bond motifs is 1. The van der Waals surface area contributed by atoms with Gasteiger partial charge >= 0.3 is 12.0 Å². The first-order chi connectivity index (χ1) is 16.6. The second-order valence-electron chi connectivity index (χ2n) is 9.00. The van der Waals surface area contributed by atoms with E-state index in [9.17, 15) is 19.5 Å². The quantitative estimate of drug-likeness (QED) is 0.569. The van der Waals surface area contributed by atoms with Crippen molar-refractivity contribution >= 4 is 35.2 Å². The Balaban J connectivity index is 1.65. The van der Waals surface area contributed by atoms with Gasteiger partial charge in [-0.3, -0.25) is 4.79 Å². The van der Waals surface area contributed by atoms with E-state index in [1.54, 1.807) is 51.1 Å². The molecular formula is C25H26ClN5O4.